The average molecular weight is 397 g/mol. The van der Waals surface area contributed by atoms with Crippen molar-refractivity contribution in [1.29, 1.82) is 0 Å². The molecule has 0 unspecified atom stereocenters. The van der Waals surface area contributed by atoms with E-state index in [1.54, 1.807) is 19.1 Å². The maximum absolute atomic E-state index is 12.8. The smallest absolute Gasteiger partial charge is 0.398 e. The van der Waals surface area contributed by atoms with Crippen molar-refractivity contribution < 1.29 is 13.2 Å². The highest BCUT2D eigenvalue weighted by atomic mass is 19.4. The molecular formula is C21H31F3N4. The van der Waals surface area contributed by atoms with Gasteiger partial charge in [0.05, 0.1) is 5.71 Å². The molecule has 156 valence electrons. The van der Waals surface area contributed by atoms with E-state index in [9.17, 15) is 13.2 Å². The van der Waals surface area contributed by atoms with Crippen LogP contribution in [0.2, 0.25) is 0 Å². The highest BCUT2D eigenvalue weighted by Crippen LogP contribution is 2.21. The molecule has 0 aromatic rings. The van der Waals surface area contributed by atoms with Crippen LogP contribution in [0.15, 0.2) is 64.5 Å². The highest BCUT2D eigenvalue weighted by molar-refractivity contribution is 6.11. The van der Waals surface area contributed by atoms with Crippen molar-refractivity contribution in [2.45, 2.75) is 33.4 Å². The van der Waals surface area contributed by atoms with Gasteiger partial charge in [0.2, 0.25) is 0 Å². The predicted octanol–water partition coefficient (Wildman–Crippen LogP) is 4.11. The second-order valence-corrected chi connectivity index (χ2v) is 6.68. The van der Waals surface area contributed by atoms with Gasteiger partial charge in [-0.05, 0) is 51.0 Å². The molecule has 0 aliphatic carbocycles. The van der Waals surface area contributed by atoms with E-state index in [1.165, 1.54) is 6.08 Å². The zero-order valence-corrected chi connectivity index (χ0v) is 17.0. The zero-order valence-electron chi connectivity index (χ0n) is 17.0. The third-order valence-electron chi connectivity index (χ3n) is 4.59. The predicted molar refractivity (Wildman–Crippen MR) is 111 cm³/mol. The summed E-state index contributed by atoms with van der Waals surface area (Å²) >= 11 is 0. The topological polar surface area (TPSA) is 53.6 Å². The first-order valence-corrected chi connectivity index (χ1v) is 9.31. The summed E-state index contributed by atoms with van der Waals surface area (Å²) in [6.07, 6.45) is 1.42. The third-order valence-corrected chi connectivity index (χ3v) is 4.59. The van der Waals surface area contributed by atoms with Gasteiger partial charge < -0.3 is 16.0 Å². The Morgan fingerprint density at radius 2 is 1.89 bits per heavy atom. The van der Waals surface area contributed by atoms with Gasteiger partial charge in [0, 0.05) is 36.6 Å². The van der Waals surface area contributed by atoms with Gasteiger partial charge >= 0.3 is 6.18 Å². The van der Waals surface area contributed by atoms with Gasteiger partial charge in [-0.3, -0.25) is 4.99 Å². The number of hydrogen-bond acceptors (Lipinski definition) is 4. The molecule has 0 aromatic carbocycles. The van der Waals surface area contributed by atoms with E-state index < -0.39 is 12.7 Å². The summed E-state index contributed by atoms with van der Waals surface area (Å²) in [5, 5.41) is 3.32. The van der Waals surface area contributed by atoms with E-state index in [0.29, 0.717) is 11.3 Å². The zero-order chi connectivity index (χ0) is 21.3. The number of aliphatic imine (C=N–C) groups is 1. The van der Waals surface area contributed by atoms with Crippen molar-refractivity contribution in [3.63, 3.8) is 0 Å². The second kappa shape index (κ2) is 10.9. The molecule has 0 aromatic heterocycles. The van der Waals surface area contributed by atoms with Gasteiger partial charge in [0.25, 0.3) is 0 Å². The molecule has 0 spiro atoms. The van der Waals surface area contributed by atoms with Gasteiger partial charge in [-0.15, -0.1) is 0 Å². The molecule has 7 heteroatoms. The molecule has 1 saturated heterocycles. The molecule has 1 heterocycles. The normalized spacial score (nSPS) is 18.5. The average Bonchev–Trinajstić information content (AvgIpc) is 2.93. The van der Waals surface area contributed by atoms with Crippen molar-refractivity contribution in [2.24, 2.45) is 10.7 Å². The molecule has 1 aliphatic rings. The summed E-state index contributed by atoms with van der Waals surface area (Å²) in [5.41, 5.74) is 9.29. The lowest BCUT2D eigenvalue weighted by Gasteiger charge is -2.25. The van der Waals surface area contributed by atoms with Gasteiger partial charge in [0.1, 0.15) is 6.54 Å². The Morgan fingerprint density at radius 3 is 2.46 bits per heavy atom. The molecular weight excluding hydrogens is 365 g/mol. The van der Waals surface area contributed by atoms with Gasteiger partial charge in [0.15, 0.2) is 0 Å². The Morgan fingerprint density at radius 1 is 1.21 bits per heavy atom. The van der Waals surface area contributed by atoms with E-state index in [2.05, 4.69) is 28.4 Å². The molecule has 1 aliphatic heterocycles. The molecule has 0 bridgehead atoms. The minimum atomic E-state index is -4.41. The fraction of sp³-hybridized carbons (Fsp3) is 0.476. The molecule has 1 fully saturated rings. The van der Waals surface area contributed by atoms with E-state index in [4.69, 9.17) is 5.73 Å². The Kier molecular flexibility index (Phi) is 9.25. The fourth-order valence-corrected chi connectivity index (χ4v) is 2.76. The van der Waals surface area contributed by atoms with Crippen LogP contribution in [0, 0.1) is 0 Å². The van der Waals surface area contributed by atoms with Crippen LogP contribution in [0.3, 0.4) is 0 Å². The van der Waals surface area contributed by atoms with E-state index in [0.717, 1.165) is 49.4 Å². The Hall–Kier alpha value is -2.28. The van der Waals surface area contributed by atoms with Crippen LogP contribution in [0.1, 0.15) is 27.2 Å². The van der Waals surface area contributed by atoms with Crippen molar-refractivity contribution in [3.05, 3.63) is 59.5 Å². The molecule has 3 N–H and O–H groups in total. The first kappa shape index (κ1) is 23.8. The summed E-state index contributed by atoms with van der Waals surface area (Å²) in [4.78, 5) is 5.93. The molecule has 4 nitrogen and oxygen atoms in total. The van der Waals surface area contributed by atoms with Crippen LogP contribution >= 0.6 is 0 Å². The maximum Gasteiger partial charge on any atom is 0.407 e. The Labute approximate surface area is 166 Å². The van der Waals surface area contributed by atoms with Crippen LogP contribution in [0.4, 0.5) is 13.2 Å². The third kappa shape index (κ3) is 7.38. The minimum absolute atomic E-state index is 0.151. The van der Waals surface area contributed by atoms with E-state index in [-0.39, 0.29) is 5.71 Å². The van der Waals surface area contributed by atoms with Crippen molar-refractivity contribution >= 4 is 5.71 Å². The van der Waals surface area contributed by atoms with Crippen LogP contribution in [-0.4, -0.2) is 49.5 Å². The Bertz CT molecular complexity index is 689. The summed E-state index contributed by atoms with van der Waals surface area (Å²) < 4.78 is 38.4. The summed E-state index contributed by atoms with van der Waals surface area (Å²) in [6, 6.07) is 0. The molecule has 1 rings (SSSR count). The lowest BCUT2D eigenvalue weighted by Crippen LogP contribution is -2.27. The largest absolute Gasteiger partial charge is 0.407 e. The first-order valence-electron chi connectivity index (χ1n) is 9.31. The Balaban J connectivity index is 3.32. The van der Waals surface area contributed by atoms with E-state index >= 15 is 0 Å². The summed E-state index contributed by atoms with van der Waals surface area (Å²) in [7, 11) is 0. The lowest BCUT2D eigenvalue weighted by atomic mass is 10.0. The van der Waals surface area contributed by atoms with Crippen LogP contribution in [0.5, 0.6) is 0 Å². The van der Waals surface area contributed by atoms with Crippen LogP contribution < -0.4 is 11.1 Å². The number of halogens is 3. The van der Waals surface area contributed by atoms with Crippen LogP contribution in [0.25, 0.3) is 0 Å². The lowest BCUT2D eigenvalue weighted by molar-refractivity contribution is -0.118. The first-order chi connectivity index (χ1) is 13.1. The minimum Gasteiger partial charge on any atom is -0.398 e. The summed E-state index contributed by atoms with van der Waals surface area (Å²) in [5.74, 6) is 0. The number of nitrogens with two attached hydrogens (primary N) is 1. The molecule has 0 saturated carbocycles. The molecule has 0 atom stereocenters. The maximum atomic E-state index is 12.8. The number of alkyl halides is 3. The number of allylic oxidation sites excluding steroid dienone is 6. The fourth-order valence-electron chi connectivity index (χ4n) is 2.76. The summed E-state index contributed by atoms with van der Waals surface area (Å²) in [6.45, 7) is 15.4. The highest BCUT2D eigenvalue weighted by Gasteiger charge is 2.27. The van der Waals surface area contributed by atoms with Crippen molar-refractivity contribution in [3.8, 4) is 0 Å². The number of nitrogens with one attached hydrogen (secondary N) is 1. The standard InChI is InChI=1S/C21H31F3N4/c1-6-15(3)20(25)18(7-2)19(27-14-21(22,23)24)13-16(4)17(5)28-11-8-9-26-10-12-28/h6-7,13,26H,2,5,8-12,14,25H2,1,3-4H3/b15-6+,16-13+,20-18?,27-19?. The molecule has 0 radical (unpaired) electrons. The quantitative estimate of drug-likeness (QED) is 0.503. The van der Waals surface area contributed by atoms with Gasteiger partial charge in [-0.2, -0.15) is 13.2 Å². The van der Waals surface area contributed by atoms with Crippen molar-refractivity contribution in [2.75, 3.05) is 32.7 Å². The van der Waals surface area contributed by atoms with Crippen LogP contribution in [-0.2, 0) is 0 Å². The monoisotopic (exact) mass is 396 g/mol. The second-order valence-electron chi connectivity index (χ2n) is 6.68. The van der Waals surface area contributed by atoms with E-state index in [1.807, 2.05) is 13.8 Å². The molecule has 28 heavy (non-hydrogen) atoms. The number of rotatable bonds is 7. The number of nitrogens with zero attached hydrogens (tertiary/aromatic N) is 2. The van der Waals surface area contributed by atoms with Gasteiger partial charge in [-0.1, -0.05) is 25.3 Å². The SMILES string of the molecule is C=CC(C(/C=C(\C)C(=C)N1CCCNCC1)=NCC(F)(F)F)=C(N)/C(C)=C/C. The molecule has 0 amide bonds. The number of hydrogen-bond donors (Lipinski definition) is 2. The van der Waals surface area contributed by atoms with Crippen molar-refractivity contribution in [1.82, 2.24) is 10.2 Å². The van der Waals surface area contributed by atoms with Gasteiger partial charge in [-0.25, -0.2) is 0 Å².